The lowest BCUT2D eigenvalue weighted by molar-refractivity contribution is -0.135. The van der Waals surface area contributed by atoms with Crippen molar-refractivity contribution < 1.29 is 23.5 Å². The van der Waals surface area contributed by atoms with Crippen LogP contribution in [0.15, 0.2) is 45.6 Å². The molecule has 1 aliphatic rings. The molecule has 4 rings (SSSR count). The van der Waals surface area contributed by atoms with Crippen molar-refractivity contribution in [3.05, 3.63) is 66.7 Å². The van der Waals surface area contributed by atoms with Crippen LogP contribution in [0, 0.1) is 0 Å². The Labute approximate surface area is 210 Å². The second-order valence-corrected chi connectivity index (χ2v) is 9.33. The molecule has 1 N–H and O–H groups in total. The van der Waals surface area contributed by atoms with Crippen molar-refractivity contribution in [2.24, 2.45) is 0 Å². The van der Waals surface area contributed by atoms with Gasteiger partial charge < -0.3 is 19.2 Å². The first-order chi connectivity index (χ1) is 16.9. The Morgan fingerprint density at radius 1 is 1.29 bits per heavy atom. The summed E-state index contributed by atoms with van der Waals surface area (Å²) in [6, 6.07) is 10.8. The van der Waals surface area contributed by atoms with Gasteiger partial charge in [0.1, 0.15) is 22.7 Å². The maximum atomic E-state index is 13.2. The van der Waals surface area contributed by atoms with Gasteiger partial charge in [0.05, 0.1) is 28.3 Å². The summed E-state index contributed by atoms with van der Waals surface area (Å²) >= 11 is 7.33. The smallest absolute Gasteiger partial charge is 0.333 e. The SMILES string of the molecule is CCOC(=O)/C=c1\s/c(=C\c2ccc(-c3ccccc3Cl)o2)c(=O)n1CC(=O)NCC1CCCO1. The van der Waals surface area contributed by atoms with Crippen molar-refractivity contribution in [3.8, 4) is 11.3 Å². The fraction of sp³-hybridized carbons (Fsp3) is 0.320. The fourth-order valence-corrected chi connectivity index (χ4v) is 4.92. The monoisotopic (exact) mass is 516 g/mol. The van der Waals surface area contributed by atoms with Gasteiger partial charge in [-0.25, -0.2) is 4.79 Å². The van der Waals surface area contributed by atoms with E-state index in [-0.39, 0.29) is 25.2 Å². The van der Waals surface area contributed by atoms with Gasteiger partial charge in [-0.3, -0.25) is 14.2 Å². The summed E-state index contributed by atoms with van der Waals surface area (Å²) in [6.45, 7) is 2.73. The molecule has 3 heterocycles. The van der Waals surface area contributed by atoms with E-state index in [4.69, 9.17) is 25.5 Å². The number of carbonyl (C=O) groups is 2. The van der Waals surface area contributed by atoms with E-state index in [0.29, 0.717) is 38.9 Å². The normalized spacial score (nSPS) is 16.6. The molecule has 1 unspecified atom stereocenters. The number of halogens is 1. The number of esters is 1. The Balaban J connectivity index is 1.64. The lowest BCUT2D eigenvalue weighted by atomic mass is 10.2. The molecular weight excluding hydrogens is 492 g/mol. The first-order valence-electron chi connectivity index (χ1n) is 11.3. The Kier molecular flexibility index (Phi) is 8.22. The predicted octanol–water partition coefficient (Wildman–Crippen LogP) is 2.29. The molecule has 1 fully saturated rings. The lowest BCUT2D eigenvalue weighted by Gasteiger charge is -2.10. The van der Waals surface area contributed by atoms with Gasteiger partial charge in [0, 0.05) is 24.8 Å². The Bertz CT molecular complexity index is 1380. The van der Waals surface area contributed by atoms with Crippen molar-refractivity contribution in [2.75, 3.05) is 19.8 Å². The van der Waals surface area contributed by atoms with Crippen LogP contribution in [-0.4, -0.2) is 42.3 Å². The summed E-state index contributed by atoms with van der Waals surface area (Å²) in [5, 5.41) is 3.35. The number of amides is 1. The molecule has 8 nitrogen and oxygen atoms in total. The number of aromatic nitrogens is 1. The first-order valence-corrected chi connectivity index (χ1v) is 12.5. The van der Waals surface area contributed by atoms with Gasteiger partial charge in [-0.1, -0.05) is 23.7 Å². The largest absolute Gasteiger partial charge is 0.463 e. The minimum atomic E-state index is -0.590. The van der Waals surface area contributed by atoms with Crippen LogP contribution < -0.4 is 20.1 Å². The first kappa shape index (κ1) is 25.0. The van der Waals surface area contributed by atoms with E-state index < -0.39 is 11.5 Å². The van der Waals surface area contributed by atoms with Gasteiger partial charge in [-0.2, -0.15) is 0 Å². The second-order valence-electron chi connectivity index (χ2n) is 7.86. The highest BCUT2D eigenvalue weighted by atomic mass is 35.5. The van der Waals surface area contributed by atoms with Crippen molar-refractivity contribution >= 4 is 47.0 Å². The average Bonchev–Trinajstić information content (AvgIpc) is 3.57. The molecule has 1 aromatic carbocycles. The maximum absolute atomic E-state index is 13.2. The van der Waals surface area contributed by atoms with Gasteiger partial charge >= 0.3 is 5.97 Å². The van der Waals surface area contributed by atoms with Crippen LogP contribution in [-0.2, 0) is 25.6 Å². The van der Waals surface area contributed by atoms with E-state index in [1.54, 1.807) is 31.2 Å². The van der Waals surface area contributed by atoms with E-state index in [1.165, 1.54) is 10.6 Å². The molecular formula is C25H25ClN2O6S. The van der Waals surface area contributed by atoms with E-state index in [9.17, 15) is 14.4 Å². The zero-order chi connectivity index (χ0) is 24.8. The molecule has 10 heteroatoms. The lowest BCUT2D eigenvalue weighted by Crippen LogP contribution is -2.40. The molecule has 0 saturated carbocycles. The molecule has 0 aliphatic carbocycles. The van der Waals surface area contributed by atoms with E-state index in [0.717, 1.165) is 29.7 Å². The van der Waals surface area contributed by atoms with Crippen molar-refractivity contribution in [2.45, 2.75) is 32.4 Å². The average molecular weight is 517 g/mol. The molecule has 184 valence electrons. The van der Waals surface area contributed by atoms with Crippen LogP contribution in [0.2, 0.25) is 5.02 Å². The number of ether oxygens (including phenoxy) is 2. The quantitative estimate of drug-likeness (QED) is 0.461. The number of hydrogen-bond acceptors (Lipinski definition) is 7. The van der Waals surface area contributed by atoms with Gasteiger partial charge in [0.2, 0.25) is 5.91 Å². The van der Waals surface area contributed by atoms with Crippen LogP contribution in [0.25, 0.3) is 23.5 Å². The molecule has 35 heavy (non-hydrogen) atoms. The summed E-state index contributed by atoms with van der Waals surface area (Å²) in [6.07, 6.45) is 4.64. The van der Waals surface area contributed by atoms with Gasteiger partial charge in [-0.15, -0.1) is 11.3 Å². The number of nitrogens with one attached hydrogen (secondary N) is 1. The summed E-state index contributed by atoms with van der Waals surface area (Å²) in [7, 11) is 0. The Morgan fingerprint density at radius 3 is 2.86 bits per heavy atom. The number of rotatable bonds is 8. The number of carbonyl (C=O) groups excluding carboxylic acids is 2. The molecule has 1 amide bonds. The number of nitrogens with zero attached hydrogens (tertiary/aromatic N) is 1. The minimum Gasteiger partial charge on any atom is -0.463 e. The zero-order valence-corrected chi connectivity index (χ0v) is 20.7. The summed E-state index contributed by atoms with van der Waals surface area (Å²) in [5.41, 5.74) is 0.324. The standard InChI is InChI=1S/C25H25ClN2O6S/c1-2-32-24(30)13-23-28(15-22(29)27-14-17-6-5-11-33-17)25(31)21(35-23)12-16-9-10-20(34-16)18-7-3-4-8-19(18)26/h3-4,7-10,12-13,17H,2,5-6,11,14-15H2,1H3,(H,27,29)/b21-12-,23-13-. The number of benzene rings is 1. The third-order valence-electron chi connectivity index (χ3n) is 5.36. The van der Waals surface area contributed by atoms with Crippen molar-refractivity contribution in [3.63, 3.8) is 0 Å². The van der Waals surface area contributed by atoms with Crippen molar-refractivity contribution in [1.29, 1.82) is 0 Å². The Hall–Kier alpha value is -3.14. The van der Waals surface area contributed by atoms with Crippen LogP contribution >= 0.6 is 22.9 Å². The number of furan rings is 1. The molecule has 1 aliphatic heterocycles. The highest BCUT2D eigenvalue weighted by Gasteiger charge is 2.17. The fourth-order valence-electron chi connectivity index (χ4n) is 3.68. The van der Waals surface area contributed by atoms with E-state index in [2.05, 4.69) is 5.32 Å². The van der Waals surface area contributed by atoms with Gasteiger partial charge in [0.15, 0.2) is 0 Å². The molecule has 1 atom stereocenters. The Morgan fingerprint density at radius 2 is 2.11 bits per heavy atom. The molecule has 2 aromatic heterocycles. The third-order valence-corrected chi connectivity index (χ3v) is 6.75. The molecule has 0 spiro atoms. The van der Waals surface area contributed by atoms with Crippen LogP contribution in [0.1, 0.15) is 25.5 Å². The van der Waals surface area contributed by atoms with E-state index in [1.807, 2.05) is 18.2 Å². The number of hydrogen-bond donors (Lipinski definition) is 1. The highest BCUT2D eigenvalue weighted by Crippen LogP contribution is 2.29. The molecule has 0 radical (unpaired) electrons. The molecule has 1 saturated heterocycles. The summed E-state index contributed by atoms with van der Waals surface area (Å²) in [5.74, 6) is 0.0683. The number of thiazole rings is 1. The molecule has 3 aromatic rings. The predicted molar refractivity (Wildman–Crippen MR) is 134 cm³/mol. The summed E-state index contributed by atoms with van der Waals surface area (Å²) < 4.78 is 18.3. The van der Waals surface area contributed by atoms with Crippen LogP contribution in [0.4, 0.5) is 0 Å². The van der Waals surface area contributed by atoms with Crippen LogP contribution in [0.5, 0.6) is 0 Å². The topological polar surface area (TPSA) is 99.8 Å². The zero-order valence-electron chi connectivity index (χ0n) is 19.1. The van der Waals surface area contributed by atoms with Crippen LogP contribution in [0.3, 0.4) is 0 Å². The van der Waals surface area contributed by atoms with Gasteiger partial charge in [-0.05, 0) is 44.0 Å². The maximum Gasteiger partial charge on any atom is 0.333 e. The molecule has 0 bridgehead atoms. The highest BCUT2D eigenvalue weighted by molar-refractivity contribution is 7.07. The minimum absolute atomic E-state index is 0.0149. The van der Waals surface area contributed by atoms with E-state index >= 15 is 0 Å². The summed E-state index contributed by atoms with van der Waals surface area (Å²) in [4.78, 5) is 37.8. The third kappa shape index (κ3) is 6.30. The van der Waals surface area contributed by atoms with Gasteiger partial charge in [0.25, 0.3) is 5.56 Å². The van der Waals surface area contributed by atoms with Crippen molar-refractivity contribution in [1.82, 2.24) is 9.88 Å². The second kappa shape index (κ2) is 11.5.